The van der Waals surface area contributed by atoms with E-state index in [0.29, 0.717) is 18.0 Å². The standard InChI is InChI=1S/C21H27N7O2/c1-13-10-28-18(24-20(13)26-8-6-15(22)11-26)9-16(25-28)17-5-3-4-7-27(17)21(29)19-14(2)23-12-30-19/h9-10,12,15,17H,3-8,11,22H2,1-2H3/t15-,17-/m0/s1. The van der Waals surface area contributed by atoms with Gasteiger partial charge in [0.25, 0.3) is 5.91 Å². The fraction of sp³-hybridized carbons (Fsp3) is 0.524. The lowest BCUT2D eigenvalue weighted by Gasteiger charge is -2.34. The number of carbonyl (C=O) groups excluding carboxylic acids is 1. The van der Waals surface area contributed by atoms with E-state index >= 15 is 0 Å². The first-order valence-corrected chi connectivity index (χ1v) is 10.6. The third-order valence-electron chi connectivity index (χ3n) is 6.19. The fourth-order valence-corrected chi connectivity index (χ4v) is 4.60. The van der Waals surface area contributed by atoms with Crippen molar-refractivity contribution in [3.8, 4) is 0 Å². The van der Waals surface area contributed by atoms with Crippen LogP contribution >= 0.6 is 0 Å². The first-order valence-electron chi connectivity index (χ1n) is 10.6. The first kappa shape index (κ1) is 19.0. The summed E-state index contributed by atoms with van der Waals surface area (Å²) in [5.74, 6) is 1.16. The second-order valence-electron chi connectivity index (χ2n) is 8.39. The van der Waals surface area contributed by atoms with Crippen LogP contribution in [0.3, 0.4) is 0 Å². The molecule has 9 heteroatoms. The molecule has 1 amide bonds. The van der Waals surface area contributed by atoms with Crippen LogP contribution in [0.1, 0.15) is 59.2 Å². The van der Waals surface area contributed by atoms with E-state index in [1.54, 1.807) is 6.92 Å². The molecule has 0 saturated carbocycles. The van der Waals surface area contributed by atoms with Crippen molar-refractivity contribution in [2.75, 3.05) is 24.5 Å². The second kappa shape index (κ2) is 7.39. The van der Waals surface area contributed by atoms with E-state index in [-0.39, 0.29) is 18.0 Å². The Labute approximate surface area is 174 Å². The van der Waals surface area contributed by atoms with Crippen LogP contribution < -0.4 is 10.6 Å². The Morgan fingerprint density at radius 3 is 2.83 bits per heavy atom. The lowest BCUT2D eigenvalue weighted by atomic mass is 9.99. The molecule has 0 radical (unpaired) electrons. The third-order valence-corrected chi connectivity index (χ3v) is 6.19. The molecule has 3 aromatic heterocycles. The van der Waals surface area contributed by atoms with Gasteiger partial charge in [0.05, 0.1) is 17.4 Å². The van der Waals surface area contributed by atoms with E-state index < -0.39 is 0 Å². The van der Waals surface area contributed by atoms with Crippen LogP contribution in [0.15, 0.2) is 23.1 Å². The average molecular weight is 409 g/mol. The summed E-state index contributed by atoms with van der Waals surface area (Å²) >= 11 is 0. The molecule has 2 aliphatic rings. The Balaban J connectivity index is 1.48. The van der Waals surface area contributed by atoms with E-state index in [4.69, 9.17) is 20.2 Å². The molecule has 3 aromatic rings. The number of nitrogens with zero attached hydrogens (tertiary/aromatic N) is 6. The molecule has 5 rings (SSSR count). The van der Waals surface area contributed by atoms with Crippen molar-refractivity contribution in [3.63, 3.8) is 0 Å². The van der Waals surface area contributed by atoms with E-state index in [1.807, 2.05) is 21.7 Å². The van der Waals surface area contributed by atoms with Crippen LogP contribution in [0, 0.1) is 13.8 Å². The molecule has 158 valence electrons. The maximum absolute atomic E-state index is 13.1. The van der Waals surface area contributed by atoms with E-state index in [2.05, 4.69) is 16.8 Å². The molecule has 0 spiro atoms. The summed E-state index contributed by atoms with van der Waals surface area (Å²) in [5.41, 5.74) is 9.42. The molecule has 2 aliphatic heterocycles. The van der Waals surface area contributed by atoms with Crippen LogP contribution in [0.5, 0.6) is 0 Å². The molecule has 0 aliphatic carbocycles. The fourth-order valence-electron chi connectivity index (χ4n) is 4.60. The normalized spacial score (nSPS) is 22.2. The number of amides is 1. The second-order valence-corrected chi connectivity index (χ2v) is 8.39. The van der Waals surface area contributed by atoms with Gasteiger partial charge in [-0.05, 0) is 39.5 Å². The Kier molecular flexibility index (Phi) is 4.69. The molecule has 9 nitrogen and oxygen atoms in total. The summed E-state index contributed by atoms with van der Waals surface area (Å²) in [5, 5.41) is 4.79. The van der Waals surface area contributed by atoms with Gasteiger partial charge in [-0.15, -0.1) is 0 Å². The summed E-state index contributed by atoms with van der Waals surface area (Å²) in [6.45, 7) is 6.27. The number of fused-ring (bicyclic) bond motifs is 1. The summed E-state index contributed by atoms with van der Waals surface area (Å²) < 4.78 is 7.18. The average Bonchev–Trinajstić information content (AvgIpc) is 3.46. The smallest absolute Gasteiger partial charge is 0.292 e. The van der Waals surface area contributed by atoms with Crippen molar-refractivity contribution in [2.45, 2.75) is 51.6 Å². The predicted octanol–water partition coefficient (Wildman–Crippen LogP) is 2.24. The van der Waals surface area contributed by atoms with Crippen LogP contribution in [-0.4, -0.2) is 56.1 Å². The minimum Gasteiger partial charge on any atom is -0.438 e. The molecular weight excluding hydrogens is 382 g/mol. The van der Waals surface area contributed by atoms with Crippen LogP contribution in [-0.2, 0) is 0 Å². The van der Waals surface area contributed by atoms with Gasteiger partial charge in [0.15, 0.2) is 12.0 Å². The third kappa shape index (κ3) is 3.23. The first-order chi connectivity index (χ1) is 14.5. The van der Waals surface area contributed by atoms with Crippen LogP contribution in [0.4, 0.5) is 5.82 Å². The molecule has 2 atom stereocenters. The quantitative estimate of drug-likeness (QED) is 0.707. The highest BCUT2D eigenvalue weighted by atomic mass is 16.3. The highest BCUT2D eigenvalue weighted by Crippen LogP contribution is 2.33. The number of hydrogen-bond acceptors (Lipinski definition) is 7. The maximum atomic E-state index is 13.1. The number of carbonyl (C=O) groups is 1. The number of rotatable bonds is 3. The number of aryl methyl sites for hydroxylation is 2. The predicted molar refractivity (Wildman–Crippen MR) is 111 cm³/mol. The largest absolute Gasteiger partial charge is 0.438 e. The summed E-state index contributed by atoms with van der Waals surface area (Å²) in [7, 11) is 0. The van der Waals surface area contributed by atoms with Gasteiger partial charge in [-0.25, -0.2) is 14.5 Å². The lowest BCUT2D eigenvalue weighted by molar-refractivity contribution is 0.0572. The Morgan fingerprint density at radius 2 is 2.10 bits per heavy atom. The molecule has 2 fully saturated rings. The van der Waals surface area contributed by atoms with Gasteiger partial charge in [0, 0.05) is 43.5 Å². The van der Waals surface area contributed by atoms with E-state index in [0.717, 1.165) is 61.5 Å². The topological polar surface area (TPSA) is 106 Å². The molecule has 0 aromatic carbocycles. The highest BCUT2D eigenvalue weighted by Gasteiger charge is 2.33. The molecular formula is C21H27N7O2. The monoisotopic (exact) mass is 409 g/mol. The number of likely N-dealkylation sites (tertiary alicyclic amines) is 1. The van der Waals surface area contributed by atoms with Gasteiger partial charge in [-0.3, -0.25) is 4.79 Å². The number of nitrogens with two attached hydrogens (primary N) is 1. The zero-order chi connectivity index (χ0) is 20.8. The Bertz CT molecular complexity index is 1090. The zero-order valence-electron chi connectivity index (χ0n) is 17.4. The van der Waals surface area contributed by atoms with Crippen molar-refractivity contribution in [1.82, 2.24) is 24.5 Å². The van der Waals surface area contributed by atoms with Gasteiger partial charge in [-0.1, -0.05) is 0 Å². The van der Waals surface area contributed by atoms with Crippen LogP contribution in [0.2, 0.25) is 0 Å². The Hall–Kier alpha value is -2.94. The van der Waals surface area contributed by atoms with Gasteiger partial charge in [0.1, 0.15) is 5.82 Å². The van der Waals surface area contributed by atoms with Crippen molar-refractivity contribution in [3.05, 3.63) is 41.4 Å². The highest BCUT2D eigenvalue weighted by molar-refractivity contribution is 5.92. The molecule has 30 heavy (non-hydrogen) atoms. The number of hydrogen-bond donors (Lipinski definition) is 1. The number of anilines is 1. The van der Waals surface area contributed by atoms with Gasteiger partial charge in [0.2, 0.25) is 5.76 Å². The molecule has 2 N–H and O–H groups in total. The molecule has 5 heterocycles. The molecule has 0 bridgehead atoms. The SMILES string of the molecule is Cc1cn2nc([C@@H]3CCCCN3C(=O)c3ocnc3C)cc2nc1N1CC[C@H](N)C1. The van der Waals surface area contributed by atoms with Gasteiger partial charge < -0.3 is 20.0 Å². The van der Waals surface area contributed by atoms with Crippen LogP contribution in [0.25, 0.3) is 5.65 Å². The maximum Gasteiger partial charge on any atom is 0.292 e. The van der Waals surface area contributed by atoms with Gasteiger partial charge >= 0.3 is 0 Å². The van der Waals surface area contributed by atoms with E-state index in [1.165, 1.54) is 6.39 Å². The summed E-state index contributed by atoms with van der Waals surface area (Å²) in [4.78, 5) is 26.2. The number of piperidine rings is 1. The van der Waals surface area contributed by atoms with E-state index in [9.17, 15) is 4.79 Å². The van der Waals surface area contributed by atoms with Crippen molar-refractivity contribution < 1.29 is 9.21 Å². The van der Waals surface area contributed by atoms with Crippen molar-refractivity contribution in [1.29, 1.82) is 0 Å². The van der Waals surface area contributed by atoms with Crippen molar-refractivity contribution in [2.24, 2.45) is 5.73 Å². The lowest BCUT2D eigenvalue weighted by Crippen LogP contribution is -2.38. The minimum absolute atomic E-state index is 0.0959. The molecule has 2 saturated heterocycles. The summed E-state index contributed by atoms with van der Waals surface area (Å²) in [6, 6.07) is 2.10. The van der Waals surface area contributed by atoms with Gasteiger partial charge in [-0.2, -0.15) is 5.10 Å². The van der Waals surface area contributed by atoms with Crippen molar-refractivity contribution >= 4 is 17.4 Å². The number of aromatic nitrogens is 4. The number of oxazole rings is 1. The molecule has 0 unspecified atom stereocenters. The minimum atomic E-state index is -0.123. The Morgan fingerprint density at radius 1 is 1.23 bits per heavy atom. The summed E-state index contributed by atoms with van der Waals surface area (Å²) in [6.07, 6.45) is 7.22. The zero-order valence-corrected chi connectivity index (χ0v) is 17.4.